The fourth-order valence-electron chi connectivity index (χ4n) is 4.45. The fourth-order valence-corrected chi connectivity index (χ4v) is 4.58. The van der Waals surface area contributed by atoms with Crippen LogP contribution in [-0.2, 0) is 20.8 Å². The standard InChI is InChI=1S/C26H26ClFN2O3/c27-20-8-6-19(7-9-20)16-24(31)29(15-14-18-4-2-1-3-5-18)23-17-25(32)30(26(23)33)22-12-10-21(28)11-13-22/h4,6-13,23H,1-3,5,14-17H2. The molecule has 5 nitrogen and oxygen atoms in total. The zero-order valence-corrected chi connectivity index (χ0v) is 19.1. The highest BCUT2D eigenvalue weighted by Gasteiger charge is 2.44. The quantitative estimate of drug-likeness (QED) is 0.421. The summed E-state index contributed by atoms with van der Waals surface area (Å²) in [6.07, 6.45) is 7.27. The van der Waals surface area contributed by atoms with Crippen molar-refractivity contribution < 1.29 is 18.8 Å². The molecule has 0 saturated carbocycles. The van der Waals surface area contributed by atoms with E-state index in [2.05, 4.69) is 6.08 Å². The van der Waals surface area contributed by atoms with Crippen molar-refractivity contribution in [1.82, 2.24) is 4.90 Å². The van der Waals surface area contributed by atoms with Crippen LogP contribution in [0.25, 0.3) is 0 Å². The van der Waals surface area contributed by atoms with Gasteiger partial charge < -0.3 is 4.90 Å². The van der Waals surface area contributed by atoms with E-state index in [1.54, 1.807) is 29.2 Å². The Hall–Kier alpha value is -2.99. The van der Waals surface area contributed by atoms with Crippen molar-refractivity contribution in [2.45, 2.75) is 51.0 Å². The van der Waals surface area contributed by atoms with E-state index in [1.807, 2.05) is 0 Å². The average Bonchev–Trinajstić information content (AvgIpc) is 3.10. The summed E-state index contributed by atoms with van der Waals surface area (Å²) in [5, 5.41) is 0.582. The van der Waals surface area contributed by atoms with Gasteiger partial charge in [0.1, 0.15) is 11.9 Å². The van der Waals surface area contributed by atoms with E-state index < -0.39 is 23.7 Å². The maximum atomic E-state index is 13.3. The van der Waals surface area contributed by atoms with Gasteiger partial charge >= 0.3 is 0 Å². The van der Waals surface area contributed by atoms with Gasteiger partial charge in [0.25, 0.3) is 5.91 Å². The zero-order chi connectivity index (χ0) is 23.4. The lowest BCUT2D eigenvalue weighted by molar-refractivity contribution is -0.137. The molecule has 172 valence electrons. The van der Waals surface area contributed by atoms with Gasteiger partial charge in [-0.2, -0.15) is 0 Å². The molecule has 33 heavy (non-hydrogen) atoms. The molecule has 4 rings (SSSR count). The van der Waals surface area contributed by atoms with Gasteiger partial charge in [0, 0.05) is 11.6 Å². The van der Waals surface area contributed by atoms with Crippen molar-refractivity contribution in [2.75, 3.05) is 11.4 Å². The molecule has 0 aromatic heterocycles. The average molecular weight is 469 g/mol. The van der Waals surface area contributed by atoms with Crippen molar-refractivity contribution in [3.05, 3.63) is 76.6 Å². The first-order valence-electron chi connectivity index (χ1n) is 11.3. The van der Waals surface area contributed by atoms with E-state index in [1.165, 1.54) is 36.3 Å². The third kappa shape index (κ3) is 5.50. The predicted octanol–water partition coefficient (Wildman–Crippen LogP) is 5.07. The molecule has 1 aliphatic carbocycles. The first kappa shape index (κ1) is 23.2. The molecule has 1 unspecified atom stereocenters. The molecule has 0 spiro atoms. The number of amides is 3. The highest BCUT2D eigenvalue weighted by molar-refractivity contribution is 6.30. The number of allylic oxidation sites excluding steroid dienone is 1. The van der Waals surface area contributed by atoms with Crippen LogP contribution in [0.2, 0.25) is 5.02 Å². The summed E-state index contributed by atoms with van der Waals surface area (Å²) >= 11 is 5.96. The Labute approximate surface area is 197 Å². The summed E-state index contributed by atoms with van der Waals surface area (Å²) < 4.78 is 13.3. The number of benzene rings is 2. The predicted molar refractivity (Wildman–Crippen MR) is 125 cm³/mol. The summed E-state index contributed by atoms with van der Waals surface area (Å²) in [5.41, 5.74) is 2.39. The van der Waals surface area contributed by atoms with Crippen LogP contribution in [0.15, 0.2) is 60.2 Å². The summed E-state index contributed by atoms with van der Waals surface area (Å²) in [5.74, 6) is -1.50. The van der Waals surface area contributed by atoms with Crippen LogP contribution in [0.4, 0.5) is 10.1 Å². The van der Waals surface area contributed by atoms with Crippen molar-refractivity contribution in [2.24, 2.45) is 0 Å². The molecular weight excluding hydrogens is 443 g/mol. The van der Waals surface area contributed by atoms with E-state index in [4.69, 9.17) is 11.6 Å². The maximum absolute atomic E-state index is 13.3. The largest absolute Gasteiger partial charge is 0.329 e. The molecule has 3 amide bonds. The van der Waals surface area contributed by atoms with Gasteiger partial charge in [-0.3, -0.25) is 14.4 Å². The fraction of sp³-hybridized carbons (Fsp3) is 0.346. The molecule has 0 radical (unpaired) electrons. The number of nitrogens with zero attached hydrogens (tertiary/aromatic N) is 2. The van der Waals surface area contributed by atoms with Crippen LogP contribution in [0, 0.1) is 5.82 Å². The van der Waals surface area contributed by atoms with E-state index >= 15 is 0 Å². The van der Waals surface area contributed by atoms with E-state index in [0.29, 0.717) is 23.7 Å². The lowest BCUT2D eigenvalue weighted by Crippen LogP contribution is -2.46. The SMILES string of the molecule is O=C1CC(N(CCC2=CCCCC2)C(=O)Cc2ccc(Cl)cc2)C(=O)N1c1ccc(F)cc1. The molecule has 2 aromatic rings. The highest BCUT2D eigenvalue weighted by Crippen LogP contribution is 2.28. The normalized spacial score (nSPS) is 18.4. The molecule has 1 heterocycles. The molecular formula is C26H26ClFN2O3. The number of imide groups is 1. The van der Waals surface area contributed by atoms with Gasteiger partial charge in [-0.25, -0.2) is 9.29 Å². The Morgan fingerprint density at radius 2 is 1.79 bits per heavy atom. The van der Waals surface area contributed by atoms with E-state index in [-0.39, 0.29) is 18.7 Å². The number of carbonyl (C=O) groups excluding carboxylic acids is 3. The molecule has 0 N–H and O–H groups in total. The van der Waals surface area contributed by atoms with Gasteiger partial charge in [-0.05, 0) is 74.1 Å². The number of hydrogen-bond donors (Lipinski definition) is 0. The van der Waals surface area contributed by atoms with Crippen molar-refractivity contribution in [1.29, 1.82) is 0 Å². The molecule has 7 heteroatoms. The molecule has 2 aromatic carbocycles. The Kier molecular flexibility index (Phi) is 7.23. The van der Waals surface area contributed by atoms with Crippen molar-refractivity contribution in [3.63, 3.8) is 0 Å². The second-order valence-electron chi connectivity index (χ2n) is 8.51. The molecule has 1 fully saturated rings. The van der Waals surface area contributed by atoms with Crippen LogP contribution >= 0.6 is 11.6 Å². The minimum Gasteiger partial charge on any atom is -0.329 e. The van der Waals surface area contributed by atoms with Crippen LogP contribution in [0.3, 0.4) is 0 Å². The molecule has 0 bridgehead atoms. The Morgan fingerprint density at radius 3 is 2.45 bits per heavy atom. The van der Waals surface area contributed by atoms with Gasteiger partial charge in [0.2, 0.25) is 11.8 Å². The number of hydrogen-bond acceptors (Lipinski definition) is 3. The number of anilines is 1. The first-order valence-corrected chi connectivity index (χ1v) is 11.6. The van der Waals surface area contributed by atoms with Crippen molar-refractivity contribution in [3.8, 4) is 0 Å². The lowest BCUT2D eigenvalue weighted by atomic mass is 9.96. The molecule has 1 atom stereocenters. The second kappa shape index (κ2) is 10.3. The third-order valence-electron chi connectivity index (χ3n) is 6.23. The van der Waals surface area contributed by atoms with Crippen LogP contribution < -0.4 is 4.90 Å². The van der Waals surface area contributed by atoms with Gasteiger partial charge in [-0.1, -0.05) is 35.4 Å². The summed E-state index contributed by atoms with van der Waals surface area (Å²) in [4.78, 5) is 42.0. The van der Waals surface area contributed by atoms with Crippen LogP contribution in [0.5, 0.6) is 0 Å². The van der Waals surface area contributed by atoms with Gasteiger partial charge in [-0.15, -0.1) is 0 Å². The summed E-state index contributed by atoms with van der Waals surface area (Å²) in [6.45, 7) is 0.374. The van der Waals surface area contributed by atoms with Crippen LogP contribution in [0.1, 0.15) is 44.1 Å². The Bertz CT molecular complexity index is 1070. The highest BCUT2D eigenvalue weighted by atomic mass is 35.5. The minimum absolute atomic E-state index is 0.0817. The lowest BCUT2D eigenvalue weighted by Gasteiger charge is -2.29. The third-order valence-corrected chi connectivity index (χ3v) is 6.48. The number of halogens is 2. The smallest absolute Gasteiger partial charge is 0.257 e. The van der Waals surface area contributed by atoms with Crippen molar-refractivity contribution >= 4 is 35.0 Å². The maximum Gasteiger partial charge on any atom is 0.257 e. The molecule has 2 aliphatic rings. The summed E-state index contributed by atoms with van der Waals surface area (Å²) in [6, 6.07) is 11.4. The first-order chi connectivity index (χ1) is 15.9. The van der Waals surface area contributed by atoms with E-state index in [0.717, 1.165) is 29.7 Å². The second-order valence-corrected chi connectivity index (χ2v) is 8.95. The van der Waals surface area contributed by atoms with Gasteiger partial charge in [0.05, 0.1) is 18.5 Å². The minimum atomic E-state index is -0.869. The number of rotatable bonds is 7. The molecule has 1 saturated heterocycles. The van der Waals surface area contributed by atoms with Gasteiger partial charge in [0.15, 0.2) is 0 Å². The Morgan fingerprint density at radius 1 is 1.06 bits per heavy atom. The summed E-state index contributed by atoms with van der Waals surface area (Å²) in [7, 11) is 0. The Balaban J connectivity index is 1.56. The topological polar surface area (TPSA) is 57.7 Å². The van der Waals surface area contributed by atoms with E-state index in [9.17, 15) is 18.8 Å². The monoisotopic (exact) mass is 468 g/mol. The zero-order valence-electron chi connectivity index (χ0n) is 18.3. The van der Waals surface area contributed by atoms with Crippen LogP contribution in [-0.4, -0.2) is 35.2 Å². The molecule has 1 aliphatic heterocycles. The number of carbonyl (C=O) groups is 3.